The summed E-state index contributed by atoms with van der Waals surface area (Å²) < 4.78 is 5.23. The fraction of sp³-hybridized carbons (Fsp3) is 0.818. The highest BCUT2D eigenvalue weighted by Crippen LogP contribution is 2.37. The number of likely N-dealkylation sites (tertiary alicyclic amines) is 1. The van der Waals surface area contributed by atoms with E-state index in [0.29, 0.717) is 18.9 Å². The lowest BCUT2D eigenvalue weighted by molar-refractivity contribution is -0.126. The molecule has 0 N–H and O–H groups in total. The highest BCUT2D eigenvalue weighted by atomic mass is 16.6. The second-order valence-corrected chi connectivity index (χ2v) is 5.34. The Labute approximate surface area is 89.6 Å². The van der Waals surface area contributed by atoms with E-state index in [1.807, 2.05) is 20.8 Å². The van der Waals surface area contributed by atoms with Gasteiger partial charge in [-0.1, -0.05) is 0 Å². The second-order valence-electron chi connectivity index (χ2n) is 5.34. The quantitative estimate of drug-likeness (QED) is 0.611. The van der Waals surface area contributed by atoms with Gasteiger partial charge < -0.3 is 4.74 Å². The number of Topliss-reactive ketones (excluding diaryl/α,β-unsaturated/α-hetero) is 1. The van der Waals surface area contributed by atoms with Gasteiger partial charge in [-0.3, -0.25) is 9.69 Å². The van der Waals surface area contributed by atoms with E-state index in [1.165, 1.54) is 0 Å². The number of carbonyl (C=O) groups excluding carboxylic acids is 2. The molecule has 0 aromatic heterocycles. The van der Waals surface area contributed by atoms with Gasteiger partial charge >= 0.3 is 6.09 Å². The highest BCUT2D eigenvalue weighted by Gasteiger charge is 2.50. The van der Waals surface area contributed by atoms with Crippen molar-refractivity contribution in [1.82, 2.24) is 4.90 Å². The number of amides is 1. The van der Waals surface area contributed by atoms with Gasteiger partial charge in [0, 0.05) is 18.9 Å². The maximum atomic E-state index is 11.7. The topological polar surface area (TPSA) is 46.6 Å². The van der Waals surface area contributed by atoms with Crippen LogP contribution in [0.25, 0.3) is 0 Å². The lowest BCUT2D eigenvalue weighted by Gasteiger charge is -2.43. The molecule has 2 rings (SSSR count). The van der Waals surface area contributed by atoms with Crippen molar-refractivity contribution in [3.8, 4) is 0 Å². The van der Waals surface area contributed by atoms with Crippen molar-refractivity contribution in [2.45, 2.75) is 45.3 Å². The standard InChI is InChI=1S/C11H17NO3/c1-11(2,3)15-10(14)12-6-7-4-5-8(13)9(7)12/h7,9H,4-6H2,1-3H3/t7?,9-/m0/s1. The molecule has 4 heteroatoms. The smallest absolute Gasteiger partial charge is 0.410 e. The molecule has 0 aromatic carbocycles. The first-order valence-electron chi connectivity index (χ1n) is 5.41. The molecule has 1 unspecified atom stereocenters. The summed E-state index contributed by atoms with van der Waals surface area (Å²) in [7, 11) is 0. The number of nitrogens with zero attached hydrogens (tertiary/aromatic N) is 1. The Balaban J connectivity index is 1.96. The van der Waals surface area contributed by atoms with Gasteiger partial charge in [0.05, 0.1) is 6.04 Å². The van der Waals surface area contributed by atoms with Crippen LogP contribution in [-0.2, 0) is 9.53 Å². The zero-order chi connectivity index (χ0) is 11.2. The third-order valence-electron chi connectivity index (χ3n) is 2.93. The van der Waals surface area contributed by atoms with Crippen LogP contribution in [0.4, 0.5) is 4.79 Å². The predicted molar refractivity (Wildman–Crippen MR) is 54.5 cm³/mol. The predicted octanol–water partition coefficient (Wildman–Crippen LogP) is 1.58. The molecule has 84 valence electrons. The van der Waals surface area contributed by atoms with Crippen LogP contribution in [0.2, 0.25) is 0 Å². The lowest BCUT2D eigenvalue weighted by Crippen LogP contribution is -2.59. The van der Waals surface area contributed by atoms with Crippen molar-refractivity contribution < 1.29 is 14.3 Å². The Bertz CT molecular complexity index is 305. The zero-order valence-electron chi connectivity index (χ0n) is 9.45. The molecule has 1 amide bonds. The molecular weight excluding hydrogens is 194 g/mol. The van der Waals surface area contributed by atoms with Crippen LogP contribution in [0.5, 0.6) is 0 Å². The molecule has 15 heavy (non-hydrogen) atoms. The molecule has 0 spiro atoms. The number of ether oxygens (including phenoxy) is 1. The van der Waals surface area contributed by atoms with Crippen LogP contribution >= 0.6 is 0 Å². The van der Waals surface area contributed by atoms with Gasteiger partial charge in [0.2, 0.25) is 0 Å². The third kappa shape index (κ3) is 1.85. The molecule has 1 heterocycles. The lowest BCUT2D eigenvalue weighted by atomic mass is 9.92. The second kappa shape index (κ2) is 3.22. The number of rotatable bonds is 0. The highest BCUT2D eigenvalue weighted by molar-refractivity contribution is 5.91. The maximum Gasteiger partial charge on any atom is 0.410 e. The molecule has 4 nitrogen and oxygen atoms in total. The summed E-state index contributed by atoms with van der Waals surface area (Å²) in [6, 6.07) is -0.181. The van der Waals surface area contributed by atoms with Gasteiger partial charge in [-0.05, 0) is 27.2 Å². The van der Waals surface area contributed by atoms with E-state index in [-0.39, 0.29) is 17.9 Å². The molecule has 1 aliphatic carbocycles. The summed E-state index contributed by atoms with van der Waals surface area (Å²) in [6.07, 6.45) is 1.20. The van der Waals surface area contributed by atoms with Crippen molar-refractivity contribution in [2.24, 2.45) is 5.92 Å². The number of carbonyl (C=O) groups is 2. The minimum atomic E-state index is -0.482. The number of fused-ring (bicyclic) bond motifs is 1. The Morgan fingerprint density at radius 1 is 1.47 bits per heavy atom. The summed E-state index contributed by atoms with van der Waals surface area (Å²) >= 11 is 0. The Kier molecular flexibility index (Phi) is 2.24. The van der Waals surface area contributed by atoms with Gasteiger partial charge in [-0.2, -0.15) is 0 Å². The van der Waals surface area contributed by atoms with E-state index in [0.717, 1.165) is 6.42 Å². The maximum absolute atomic E-state index is 11.7. The first-order chi connectivity index (χ1) is 6.88. The summed E-state index contributed by atoms with van der Waals surface area (Å²) in [5, 5.41) is 0. The van der Waals surface area contributed by atoms with E-state index in [4.69, 9.17) is 4.74 Å². The average molecular weight is 211 g/mol. The molecule has 1 aliphatic heterocycles. The summed E-state index contributed by atoms with van der Waals surface area (Å²) in [4.78, 5) is 24.7. The van der Waals surface area contributed by atoms with Crippen molar-refractivity contribution in [3.63, 3.8) is 0 Å². The van der Waals surface area contributed by atoms with Gasteiger partial charge in [-0.15, -0.1) is 0 Å². The fourth-order valence-electron chi connectivity index (χ4n) is 2.25. The van der Waals surface area contributed by atoms with Crippen LogP contribution in [0.15, 0.2) is 0 Å². The largest absolute Gasteiger partial charge is 0.444 e. The van der Waals surface area contributed by atoms with Crippen molar-refractivity contribution >= 4 is 11.9 Å². The third-order valence-corrected chi connectivity index (χ3v) is 2.93. The van der Waals surface area contributed by atoms with Gasteiger partial charge in [0.25, 0.3) is 0 Å². The van der Waals surface area contributed by atoms with Crippen LogP contribution in [0.3, 0.4) is 0 Å². The first kappa shape index (κ1) is 10.5. The van der Waals surface area contributed by atoms with Crippen LogP contribution in [0, 0.1) is 5.92 Å². The molecular formula is C11H17NO3. The van der Waals surface area contributed by atoms with Crippen molar-refractivity contribution in [2.75, 3.05) is 6.54 Å². The molecule has 2 aliphatic rings. The number of hydrogen-bond donors (Lipinski definition) is 0. The molecule has 1 saturated heterocycles. The molecule has 0 radical (unpaired) electrons. The first-order valence-corrected chi connectivity index (χ1v) is 5.41. The Morgan fingerprint density at radius 3 is 2.67 bits per heavy atom. The normalized spacial score (nSPS) is 29.8. The van der Waals surface area contributed by atoms with E-state index in [1.54, 1.807) is 4.90 Å². The SMILES string of the molecule is CC(C)(C)OC(=O)N1CC2CCC(=O)[C@H]21. The minimum absolute atomic E-state index is 0.181. The number of ketones is 1. The van der Waals surface area contributed by atoms with Gasteiger partial charge in [0.15, 0.2) is 5.78 Å². The summed E-state index contributed by atoms with van der Waals surface area (Å²) in [6.45, 7) is 6.18. The molecule has 2 atom stereocenters. The van der Waals surface area contributed by atoms with E-state index < -0.39 is 5.60 Å². The van der Waals surface area contributed by atoms with E-state index >= 15 is 0 Å². The van der Waals surface area contributed by atoms with E-state index in [9.17, 15) is 9.59 Å². The van der Waals surface area contributed by atoms with E-state index in [2.05, 4.69) is 0 Å². The fourth-order valence-corrected chi connectivity index (χ4v) is 2.25. The van der Waals surface area contributed by atoms with Crippen LogP contribution < -0.4 is 0 Å². The zero-order valence-corrected chi connectivity index (χ0v) is 9.45. The van der Waals surface area contributed by atoms with Crippen LogP contribution in [0.1, 0.15) is 33.6 Å². The summed E-state index contributed by atoms with van der Waals surface area (Å²) in [5.41, 5.74) is -0.482. The molecule has 0 bridgehead atoms. The summed E-state index contributed by atoms with van der Waals surface area (Å²) in [5.74, 6) is 0.585. The van der Waals surface area contributed by atoms with Crippen molar-refractivity contribution in [3.05, 3.63) is 0 Å². The number of hydrogen-bond acceptors (Lipinski definition) is 3. The van der Waals surface area contributed by atoms with Gasteiger partial charge in [-0.25, -0.2) is 4.79 Å². The van der Waals surface area contributed by atoms with Gasteiger partial charge in [0.1, 0.15) is 5.60 Å². The molecule has 0 aromatic rings. The van der Waals surface area contributed by atoms with Crippen molar-refractivity contribution in [1.29, 1.82) is 0 Å². The monoisotopic (exact) mass is 211 g/mol. The Morgan fingerprint density at radius 2 is 2.13 bits per heavy atom. The minimum Gasteiger partial charge on any atom is -0.444 e. The Hall–Kier alpha value is -1.06. The average Bonchev–Trinajstić information content (AvgIpc) is 2.21. The van der Waals surface area contributed by atoms with Crippen LogP contribution in [-0.4, -0.2) is 35.0 Å². The molecule has 1 saturated carbocycles. The molecule has 2 fully saturated rings.